The topological polar surface area (TPSA) is 34.0 Å². The van der Waals surface area contributed by atoms with E-state index in [9.17, 15) is 0 Å². The van der Waals surface area contributed by atoms with E-state index >= 15 is 0 Å². The van der Waals surface area contributed by atoms with Gasteiger partial charge in [-0.2, -0.15) is 0 Å². The highest BCUT2D eigenvalue weighted by Crippen LogP contribution is 2.20. The first-order valence-electron chi connectivity index (χ1n) is 5.80. The number of rotatable bonds is 2. The molecule has 0 N–H and O–H groups in total. The SMILES string of the molecule is CN(C)c1ccc2nc(-n3ccnc3)ccc2c1. The van der Waals surface area contributed by atoms with Gasteiger partial charge in [0, 0.05) is 37.6 Å². The Morgan fingerprint density at radius 1 is 1.11 bits per heavy atom. The van der Waals surface area contributed by atoms with Crippen LogP contribution in [0.2, 0.25) is 0 Å². The van der Waals surface area contributed by atoms with Crippen LogP contribution in [0.15, 0.2) is 49.1 Å². The minimum Gasteiger partial charge on any atom is -0.378 e. The number of anilines is 1. The third-order valence-corrected chi connectivity index (χ3v) is 2.94. The maximum atomic E-state index is 4.62. The largest absolute Gasteiger partial charge is 0.378 e. The first kappa shape index (κ1) is 10.8. The van der Waals surface area contributed by atoms with Crippen LogP contribution < -0.4 is 4.90 Å². The summed E-state index contributed by atoms with van der Waals surface area (Å²) in [6.45, 7) is 0. The lowest BCUT2D eigenvalue weighted by Gasteiger charge is -2.13. The Bertz CT molecular complexity index is 671. The first-order valence-corrected chi connectivity index (χ1v) is 5.80. The second-order valence-electron chi connectivity index (χ2n) is 4.41. The average Bonchev–Trinajstić information content (AvgIpc) is 2.91. The lowest BCUT2D eigenvalue weighted by Crippen LogP contribution is -2.08. The van der Waals surface area contributed by atoms with Crippen molar-refractivity contribution in [2.45, 2.75) is 0 Å². The molecule has 2 aromatic heterocycles. The molecule has 18 heavy (non-hydrogen) atoms. The van der Waals surface area contributed by atoms with Crippen LogP contribution in [0.5, 0.6) is 0 Å². The number of fused-ring (bicyclic) bond motifs is 1. The van der Waals surface area contributed by atoms with Crippen molar-refractivity contribution >= 4 is 16.6 Å². The van der Waals surface area contributed by atoms with Gasteiger partial charge in [0.05, 0.1) is 5.52 Å². The number of hydrogen-bond acceptors (Lipinski definition) is 3. The van der Waals surface area contributed by atoms with Crippen LogP contribution in [0.25, 0.3) is 16.7 Å². The van der Waals surface area contributed by atoms with Gasteiger partial charge in [-0.05, 0) is 30.3 Å². The number of imidazole rings is 1. The summed E-state index contributed by atoms with van der Waals surface area (Å²) in [6.07, 6.45) is 5.39. The number of hydrogen-bond donors (Lipinski definition) is 0. The van der Waals surface area contributed by atoms with Crippen molar-refractivity contribution in [2.24, 2.45) is 0 Å². The van der Waals surface area contributed by atoms with Crippen LogP contribution in [0, 0.1) is 0 Å². The summed E-state index contributed by atoms with van der Waals surface area (Å²) in [5, 5.41) is 1.14. The summed E-state index contributed by atoms with van der Waals surface area (Å²) in [6, 6.07) is 10.4. The van der Waals surface area contributed by atoms with Crippen LogP contribution >= 0.6 is 0 Å². The number of aromatic nitrogens is 3. The Morgan fingerprint density at radius 2 is 2.00 bits per heavy atom. The van der Waals surface area contributed by atoms with E-state index < -0.39 is 0 Å². The summed E-state index contributed by atoms with van der Waals surface area (Å²) < 4.78 is 1.90. The Labute approximate surface area is 106 Å². The quantitative estimate of drug-likeness (QED) is 0.688. The van der Waals surface area contributed by atoms with Crippen molar-refractivity contribution in [3.8, 4) is 5.82 Å². The second-order valence-corrected chi connectivity index (χ2v) is 4.41. The summed E-state index contributed by atoms with van der Waals surface area (Å²) in [4.78, 5) is 10.7. The highest BCUT2D eigenvalue weighted by molar-refractivity contribution is 5.83. The van der Waals surface area contributed by atoms with Crippen molar-refractivity contribution < 1.29 is 0 Å². The summed E-state index contributed by atoms with van der Waals surface area (Å²) in [7, 11) is 4.07. The van der Waals surface area contributed by atoms with Gasteiger partial charge >= 0.3 is 0 Å². The van der Waals surface area contributed by atoms with E-state index in [1.54, 1.807) is 12.5 Å². The highest BCUT2D eigenvalue weighted by atomic mass is 15.1. The van der Waals surface area contributed by atoms with Crippen LogP contribution in [0.1, 0.15) is 0 Å². The second kappa shape index (κ2) is 4.14. The molecule has 1 aromatic carbocycles. The number of nitrogens with zero attached hydrogens (tertiary/aromatic N) is 4. The van der Waals surface area contributed by atoms with E-state index in [0.717, 1.165) is 16.7 Å². The Balaban J connectivity index is 2.11. The minimum absolute atomic E-state index is 0.887. The molecule has 0 aliphatic carbocycles. The fourth-order valence-corrected chi connectivity index (χ4v) is 1.92. The number of benzene rings is 1. The Morgan fingerprint density at radius 3 is 2.72 bits per heavy atom. The van der Waals surface area contributed by atoms with Gasteiger partial charge in [0.2, 0.25) is 0 Å². The third kappa shape index (κ3) is 1.82. The molecule has 0 radical (unpaired) electrons. The van der Waals surface area contributed by atoms with Gasteiger partial charge < -0.3 is 4.90 Å². The molecule has 0 aliphatic rings. The lowest BCUT2D eigenvalue weighted by atomic mass is 10.2. The van der Waals surface area contributed by atoms with Gasteiger partial charge in [-0.15, -0.1) is 0 Å². The van der Waals surface area contributed by atoms with Crippen molar-refractivity contribution in [1.29, 1.82) is 0 Å². The zero-order valence-corrected chi connectivity index (χ0v) is 10.4. The third-order valence-electron chi connectivity index (χ3n) is 2.94. The first-order chi connectivity index (χ1) is 8.74. The fraction of sp³-hybridized carbons (Fsp3) is 0.143. The molecule has 2 heterocycles. The van der Waals surface area contributed by atoms with Crippen molar-refractivity contribution in [3.05, 3.63) is 49.1 Å². The van der Waals surface area contributed by atoms with E-state index in [0.29, 0.717) is 0 Å². The molecule has 90 valence electrons. The normalized spacial score (nSPS) is 10.8. The summed E-state index contributed by atoms with van der Waals surface area (Å²) in [5.74, 6) is 0.887. The van der Waals surface area contributed by atoms with Gasteiger partial charge in [0.15, 0.2) is 0 Å². The van der Waals surface area contributed by atoms with Crippen molar-refractivity contribution in [2.75, 3.05) is 19.0 Å². The van der Waals surface area contributed by atoms with Gasteiger partial charge in [-0.25, -0.2) is 9.97 Å². The van der Waals surface area contributed by atoms with Crippen LogP contribution in [0.4, 0.5) is 5.69 Å². The molecule has 0 fully saturated rings. The molecule has 0 spiro atoms. The lowest BCUT2D eigenvalue weighted by molar-refractivity contribution is 1.01. The maximum absolute atomic E-state index is 4.62. The smallest absolute Gasteiger partial charge is 0.138 e. The van der Waals surface area contributed by atoms with E-state index in [2.05, 4.69) is 33.1 Å². The molecule has 0 aliphatic heterocycles. The van der Waals surface area contributed by atoms with Crippen molar-refractivity contribution in [3.63, 3.8) is 0 Å². The zero-order chi connectivity index (χ0) is 12.5. The molecule has 3 aromatic rings. The van der Waals surface area contributed by atoms with Crippen LogP contribution in [-0.2, 0) is 0 Å². The minimum atomic E-state index is 0.887. The predicted octanol–water partition coefficient (Wildman–Crippen LogP) is 2.49. The highest BCUT2D eigenvalue weighted by Gasteiger charge is 2.02. The molecule has 0 bridgehead atoms. The van der Waals surface area contributed by atoms with E-state index in [4.69, 9.17) is 0 Å². The molecular formula is C14H14N4. The van der Waals surface area contributed by atoms with Gasteiger partial charge in [-0.1, -0.05) is 0 Å². The van der Waals surface area contributed by atoms with Gasteiger partial charge in [-0.3, -0.25) is 4.57 Å². The molecule has 3 rings (SSSR count). The standard InChI is InChI=1S/C14H14N4/c1-17(2)12-4-5-13-11(9-12)3-6-14(16-13)18-8-7-15-10-18/h3-10H,1-2H3. The predicted molar refractivity (Wildman–Crippen MR) is 73.2 cm³/mol. The van der Waals surface area contributed by atoms with Gasteiger partial charge in [0.1, 0.15) is 12.1 Å². The van der Waals surface area contributed by atoms with E-state index in [1.807, 2.05) is 37.0 Å². The monoisotopic (exact) mass is 238 g/mol. The molecular weight excluding hydrogens is 224 g/mol. The summed E-state index contributed by atoms with van der Waals surface area (Å²) >= 11 is 0. The zero-order valence-electron chi connectivity index (χ0n) is 10.4. The molecule has 0 unspecified atom stereocenters. The molecule has 0 saturated heterocycles. The van der Waals surface area contributed by atoms with Crippen molar-refractivity contribution in [1.82, 2.24) is 14.5 Å². The fourth-order valence-electron chi connectivity index (χ4n) is 1.92. The van der Waals surface area contributed by atoms with E-state index in [1.165, 1.54) is 5.69 Å². The summed E-state index contributed by atoms with van der Waals surface area (Å²) in [5.41, 5.74) is 2.17. The Hall–Kier alpha value is -2.36. The van der Waals surface area contributed by atoms with Crippen LogP contribution in [-0.4, -0.2) is 28.6 Å². The molecule has 4 heteroatoms. The van der Waals surface area contributed by atoms with E-state index in [-0.39, 0.29) is 0 Å². The average molecular weight is 238 g/mol. The number of pyridine rings is 1. The Kier molecular flexibility index (Phi) is 2.48. The maximum Gasteiger partial charge on any atom is 0.138 e. The van der Waals surface area contributed by atoms with Gasteiger partial charge in [0.25, 0.3) is 0 Å². The van der Waals surface area contributed by atoms with Crippen LogP contribution in [0.3, 0.4) is 0 Å². The molecule has 4 nitrogen and oxygen atoms in total. The molecule has 0 saturated carbocycles. The molecule has 0 atom stereocenters. The molecule has 0 amide bonds.